The average molecular weight is 640 g/mol. The van der Waals surface area contributed by atoms with Crippen LogP contribution in [-0.4, -0.2) is 29.1 Å². The van der Waals surface area contributed by atoms with Crippen LogP contribution in [0.1, 0.15) is 21.5 Å². The third-order valence-electron chi connectivity index (χ3n) is 5.01. The van der Waals surface area contributed by atoms with Crippen molar-refractivity contribution in [3.05, 3.63) is 95.9 Å². The normalized spacial score (nSPS) is 14.5. The summed E-state index contributed by atoms with van der Waals surface area (Å²) >= 11 is 15.3. The van der Waals surface area contributed by atoms with Crippen molar-refractivity contribution >= 4 is 80.7 Å². The summed E-state index contributed by atoms with van der Waals surface area (Å²) in [5, 5.41) is 0.327. The Labute approximate surface area is 229 Å². The molecular formula is C25H16Cl2INO5S. The fraction of sp³-hybridized carbons (Fsp3) is 0.0800. The van der Waals surface area contributed by atoms with Gasteiger partial charge in [-0.25, -0.2) is 4.79 Å². The zero-order valence-electron chi connectivity index (χ0n) is 18.1. The number of hydrogen-bond donors (Lipinski definition) is 0. The van der Waals surface area contributed by atoms with Crippen LogP contribution in [0.2, 0.25) is 10.0 Å². The lowest BCUT2D eigenvalue weighted by Gasteiger charge is -2.15. The first-order valence-corrected chi connectivity index (χ1v) is 12.8. The molecular weight excluding hydrogens is 624 g/mol. The smallest absolute Gasteiger partial charge is 0.343 e. The second-order valence-corrected chi connectivity index (χ2v) is 10.2. The summed E-state index contributed by atoms with van der Waals surface area (Å²) < 4.78 is 11.6. The van der Waals surface area contributed by atoms with Gasteiger partial charge in [0.05, 0.1) is 27.7 Å². The molecule has 1 fully saturated rings. The van der Waals surface area contributed by atoms with Crippen molar-refractivity contribution in [2.24, 2.45) is 0 Å². The Balaban J connectivity index is 1.58. The molecule has 35 heavy (non-hydrogen) atoms. The first kappa shape index (κ1) is 25.6. The van der Waals surface area contributed by atoms with Gasteiger partial charge in [-0.15, -0.1) is 0 Å². The molecule has 0 N–H and O–H groups in total. The van der Waals surface area contributed by atoms with Gasteiger partial charge >= 0.3 is 5.97 Å². The highest BCUT2D eigenvalue weighted by Crippen LogP contribution is 2.39. The van der Waals surface area contributed by atoms with E-state index in [0.717, 1.165) is 16.7 Å². The zero-order chi connectivity index (χ0) is 25.1. The van der Waals surface area contributed by atoms with E-state index in [2.05, 4.69) is 0 Å². The van der Waals surface area contributed by atoms with E-state index in [4.69, 9.17) is 32.7 Å². The Morgan fingerprint density at radius 2 is 1.74 bits per heavy atom. The number of rotatable bonds is 6. The number of nitrogens with zero attached hydrogens (tertiary/aromatic N) is 1. The molecule has 3 aromatic carbocycles. The maximum absolute atomic E-state index is 13.0. The number of benzene rings is 3. The molecule has 0 radical (unpaired) electrons. The van der Waals surface area contributed by atoms with Crippen LogP contribution in [0.25, 0.3) is 6.08 Å². The molecule has 0 bridgehead atoms. The van der Waals surface area contributed by atoms with E-state index >= 15 is 0 Å². The van der Waals surface area contributed by atoms with Gasteiger partial charge in [0, 0.05) is 15.6 Å². The van der Waals surface area contributed by atoms with Crippen LogP contribution < -0.4 is 9.47 Å². The number of methoxy groups -OCH3 is 1. The van der Waals surface area contributed by atoms with Crippen molar-refractivity contribution in [2.75, 3.05) is 7.11 Å². The lowest BCUT2D eigenvalue weighted by Crippen LogP contribution is -2.27. The molecule has 0 aliphatic carbocycles. The molecule has 4 rings (SSSR count). The van der Waals surface area contributed by atoms with E-state index in [9.17, 15) is 14.4 Å². The van der Waals surface area contributed by atoms with Crippen LogP contribution in [0.5, 0.6) is 11.5 Å². The minimum absolute atomic E-state index is 0.0320. The van der Waals surface area contributed by atoms with E-state index in [1.165, 1.54) is 7.11 Å². The summed E-state index contributed by atoms with van der Waals surface area (Å²) in [5.74, 6) is -0.395. The Hall–Kier alpha value is -2.53. The quantitative estimate of drug-likeness (QED) is 0.124. The lowest BCUT2D eigenvalue weighted by molar-refractivity contribution is -0.123. The number of carbonyl (C=O) groups excluding carboxylic acids is 3. The van der Waals surface area contributed by atoms with Gasteiger partial charge in [0.1, 0.15) is 0 Å². The number of thioether (sulfide) groups is 1. The average Bonchev–Trinajstić information content (AvgIpc) is 3.10. The number of esters is 1. The standard InChI is InChI=1S/C25H16Cl2INO5S/c1-33-20-11-14(10-19(28)22(20)34-24(31)15-6-3-2-4-7-15)12-21-23(30)29(25(32)35-21)13-16-17(26)8-5-9-18(16)27/h2-12H,13H2,1H3/b21-12-. The van der Waals surface area contributed by atoms with Crippen molar-refractivity contribution in [2.45, 2.75) is 6.54 Å². The summed E-state index contributed by atoms with van der Waals surface area (Å²) in [4.78, 5) is 39.4. The first-order valence-electron chi connectivity index (χ1n) is 10.1. The molecule has 1 aliphatic rings. The number of ether oxygens (including phenoxy) is 2. The molecule has 178 valence electrons. The molecule has 0 spiro atoms. The topological polar surface area (TPSA) is 72.9 Å². The minimum atomic E-state index is -0.520. The van der Waals surface area contributed by atoms with Gasteiger partial charge in [-0.2, -0.15) is 0 Å². The molecule has 1 aliphatic heterocycles. The summed E-state index contributed by atoms with van der Waals surface area (Å²) in [6.07, 6.45) is 1.59. The zero-order valence-corrected chi connectivity index (χ0v) is 22.6. The van der Waals surface area contributed by atoms with Crippen LogP contribution in [0.15, 0.2) is 65.6 Å². The van der Waals surface area contributed by atoms with E-state index in [-0.39, 0.29) is 17.2 Å². The molecule has 1 heterocycles. The second kappa shape index (κ2) is 11.0. The fourth-order valence-electron chi connectivity index (χ4n) is 3.28. The van der Waals surface area contributed by atoms with Gasteiger partial charge in [0.25, 0.3) is 11.1 Å². The van der Waals surface area contributed by atoms with Crippen molar-refractivity contribution in [1.29, 1.82) is 0 Å². The maximum atomic E-state index is 13.0. The highest BCUT2D eigenvalue weighted by Gasteiger charge is 2.36. The number of amides is 2. The van der Waals surface area contributed by atoms with E-state index in [0.29, 0.717) is 36.1 Å². The third kappa shape index (κ3) is 5.66. The van der Waals surface area contributed by atoms with Gasteiger partial charge in [-0.3, -0.25) is 14.5 Å². The highest BCUT2D eigenvalue weighted by molar-refractivity contribution is 14.1. The minimum Gasteiger partial charge on any atom is -0.493 e. The Morgan fingerprint density at radius 3 is 2.40 bits per heavy atom. The number of imide groups is 1. The molecule has 10 heteroatoms. The predicted molar refractivity (Wildman–Crippen MR) is 145 cm³/mol. The van der Waals surface area contributed by atoms with E-state index in [1.54, 1.807) is 66.7 Å². The number of carbonyl (C=O) groups is 3. The van der Waals surface area contributed by atoms with Gasteiger partial charge in [0.2, 0.25) is 0 Å². The summed E-state index contributed by atoms with van der Waals surface area (Å²) in [7, 11) is 1.45. The van der Waals surface area contributed by atoms with E-state index < -0.39 is 17.1 Å². The van der Waals surface area contributed by atoms with Gasteiger partial charge in [0.15, 0.2) is 11.5 Å². The largest absolute Gasteiger partial charge is 0.493 e. The first-order chi connectivity index (χ1) is 16.8. The molecule has 2 amide bonds. The van der Waals surface area contributed by atoms with Crippen molar-refractivity contribution in [3.8, 4) is 11.5 Å². The molecule has 3 aromatic rings. The van der Waals surface area contributed by atoms with Crippen molar-refractivity contribution in [3.63, 3.8) is 0 Å². The Kier molecular flexibility index (Phi) is 8.05. The third-order valence-corrected chi connectivity index (χ3v) is 7.42. The Morgan fingerprint density at radius 1 is 1.06 bits per heavy atom. The molecule has 0 aromatic heterocycles. The van der Waals surface area contributed by atoms with Gasteiger partial charge in [-0.05, 0) is 82.4 Å². The molecule has 0 saturated carbocycles. The molecule has 0 unspecified atom stereocenters. The Bertz CT molecular complexity index is 1340. The number of hydrogen-bond acceptors (Lipinski definition) is 6. The molecule has 0 atom stereocenters. The van der Waals surface area contributed by atoms with Crippen molar-refractivity contribution < 1.29 is 23.9 Å². The number of halogens is 3. The SMILES string of the molecule is COc1cc(/C=C2\SC(=O)N(Cc3c(Cl)cccc3Cl)C2=O)cc(I)c1OC(=O)c1ccccc1. The van der Waals surface area contributed by atoms with Crippen LogP contribution in [0, 0.1) is 3.57 Å². The van der Waals surface area contributed by atoms with Crippen LogP contribution in [0.4, 0.5) is 4.79 Å². The fourth-order valence-corrected chi connectivity index (χ4v) is 5.37. The van der Waals surface area contributed by atoms with Crippen LogP contribution in [0.3, 0.4) is 0 Å². The highest BCUT2D eigenvalue weighted by atomic mass is 127. The molecule has 6 nitrogen and oxygen atoms in total. The summed E-state index contributed by atoms with van der Waals surface area (Å²) in [6.45, 7) is -0.0320. The lowest BCUT2D eigenvalue weighted by atomic mass is 10.1. The van der Waals surface area contributed by atoms with Crippen LogP contribution in [-0.2, 0) is 11.3 Å². The maximum Gasteiger partial charge on any atom is 0.343 e. The predicted octanol–water partition coefficient (Wildman–Crippen LogP) is 7.06. The van der Waals surface area contributed by atoms with E-state index in [1.807, 2.05) is 22.6 Å². The monoisotopic (exact) mass is 639 g/mol. The van der Waals surface area contributed by atoms with Gasteiger partial charge in [-0.1, -0.05) is 47.5 Å². The van der Waals surface area contributed by atoms with Gasteiger partial charge < -0.3 is 9.47 Å². The molecule has 1 saturated heterocycles. The summed E-state index contributed by atoms with van der Waals surface area (Å²) in [6, 6.07) is 17.0. The van der Waals surface area contributed by atoms with Crippen LogP contribution >= 0.6 is 57.6 Å². The summed E-state index contributed by atoms with van der Waals surface area (Å²) in [5.41, 5.74) is 1.51. The van der Waals surface area contributed by atoms with Crippen molar-refractivity contribution in [1.82, 2.24) is 4.90 Å². The second-order valence-electron chi connectivity index (χ2n) is 7.26.